The van der Waals surface area contributed by atoms with Crippen LogP contribution in [0.2, 0.25) is 0 Å². The molecular formula is C16H23N3Se. The Kier molecular flexibility index (Phi) is 4.42. The Labute approximate surface area is 127 Å². The van der Waals surface area contributed by atoms with Crippen LogP contribution in [0.25, 0.3) is 0 Å². The fourth-order valence-electron chi connectivity index (χ4n) is 3.45. The van der Waals surface area contributed by atoms with Gasteiger partial charge in [0, 0.05) is 0 Å². The van der Waals surface area contributed by atoms with Crippen LogP contribution in [0.5, 0.6) is 0 Å². The first-order chi connectivity index (χ1) is 9.72. The first-order valence-electron chi connectivity index (χ1n) is 7.70. The zero-order valence-corrected chi connectivity index (χ0v) is 14.0. The number of nitrogens with one attached hydrogen (secondary N) is 1. The summed E-state index contributed by atoms with van der Waals surface area (Å²) < 4.78 is 9.03. The summed E-state index contributed by atoms with van der Waals surface area (Å²) in [5.74, 6) is 1.71. The Morgan fingerprint density at radius 2 is 2.20 bits per heavy atom. The van der Waals surface area contributed by atoms with Gasteiger partial charge in [-0.1, -0.05) is 0 Å². The number of nitrogens with zero attached hydrogens (tertiary/aromatic N) is 2. The van der Waals surface area contributed by atoms with E-state index < -0.39 is 0 Å². The molecule has 2 aliphatic rings. The molecule has 1 aromatic rings. The first-order valence-corrected chi connectivity index (χ1v) is 9.23. The topological polar surface area (TPSA) is 36.8 Å². The van der Waals surface area contributed by atoms with Gasteiger partial charge in [0.1, 0.15) is 0 Å². The molecule has 3 rings (SSSR count). The molecule has 0 amide bonds. The van der Waals surface area contributed by atoms with Crippen LogP contribution in [0, 0.1) is 11.8 Å². The van der Waals surface area contributed by atoms with Crippen LogP contribution in [0.15, 0.2) is 26.1 Å². The number of fused-ring (bicyclic) bond motifs is 1. The van der Waals surface area contributed by atoms with Gasteiger partial charge in [-0.15, -0.1) is 0 Å². The predicted molar refractivity (Wildman–Crippen MR) is 85.2 cm³/mol. The third-order valence-corrected chi connectivity index (χ3v) is 5.37. The molecule has 4 heteroatoms. The number of hydrogen-bond donors (Lipinski definition) is 1. The Morgan fingerprint density at radius 3 is 3.05 bits per heavy atom. The third-order valence-electron chi connectivity index (χ3n) is 4.23. The molecule has 2 atom stereocenters. The van der Waals surface area contributed by atoms with Crippen molar-refractivity contribution in [1.82, 2.24) is 0 Å². The monoisotopic (exact) mass is 337 g/mol. The maximum absolute atomic E-state index is 4.57. The second-order valence-electron chi connectivity index (χ2n) is 6.44. The van der Waals surface area contributed by atoms with Crippen molar-refractivity contribution in [3.8, 4) is 0 Å². The summed E-state index contributed by atoms with van der Waals surface area (Å²) in [4.78, 5) is 0. The third kappa shape index (κ3) is 3.24. The van der Waals surface area contributed by atoms with Gasteiger partial charge in [0.2, 0.25) is 0 Å². The van der Waals surface area contributed by atoms with Crippen LogP contribution in [0.3, 0.4) is 0 Å². The maximum atomic E-state index is 4.57. The average Bonchev–Trinajstić information content (AvgIpc) is 2.88. The second-order valence-corrected chi connectivity index (χ2v) is 7.55. The molecule has 0 spiro atoms. The zero-order chi connectivity index (χ0) is 13.9. The van der Waals surface area contributed by atoms with E-state index in [2.05, 4.69) is 45.3 Å². The second kappa shape index (κ2) is 6.28. The van der Waals surface area contributed by atoms with Gasteiger partial charge in [0.25, 0.3) is 0 Å². The fourth-order valence-corrected chi connectivity index (χ4v) is 4.60. The van der Waals surface area contributed by atoms with Gasteiger partial charge in [-0.3, -0.25) is 0 Å². The summed E-state index contributed by atoms with van der Waals surface area (Å²) in [6.45, 7) is 4.67. The van der Waals surface area contributed by atoms with E-state index in [9.17, 15) is 0 Å². The normalized spacial score (nSPS) is 24.6. The van der Waals surface area contributed by atoms with Crippen molar-refractivity contribution in [2.75, 3.05) is 5.32 Å². The molecule has 1 heterocycles. The summed E-state index contributed by atoms with van der Waals surface area (Å²) >= 11 is 0.0624. The van der Waals surface area contributed by atoms with Crippen LogP contribution in [0.1, 0.15) is 46.0 Å². The number of hydrogen-bond acceptors (Lipinski definition) is 3. The molecule has 1 aromatic carbocycles. The summed E-state index contributed by atoms with van der Waals surface area (Å²) in [6, 6.07) is 6.94. The van der Waals surface area contributed by atoms with Gasteiger partial charge < -0.3 is 0 Å². The molecule has 108 valence electrons. The van der Waals surface area contributed by atoms with Crippen LogP contribution >= 0.6 is 0 Å². The van der Waals surface area contributed by atoms with Crippen LogP contribution in [0.4, 0.5) is 17.1 Å². The first kappa shape index (κ1) is 14.1. The SMILES string of the molecule is CC(C)CC1CCCC(Nc2cccc3c2N=[Se]=N3)C1. The van der Waals surface area contributed by atoms with E-state index >= 15 is 0 Å². The van der Waals surface area contributed by atoms with Gasteiger partial charge in [-0.25, -0.2) is 0 Å². The zero-order valence-electron chi connectivity index (χ0n) is 12.3. The van der Waals surface area contributed by atoms with E-state index in [4.69, 9.17) is 0 Å². The van der Waals surface area contributed by atoms with Gasteiger partial charge in [0.05, 0.1) is 0 Å². The minimum absolute atomic E-state index is 0.0624. The van der Waals surface area contributed by atoms with E-state index in [1.807, 2.05) is 0 Å². The average molecular weight is 336 g/mol. The molecule has 0 bridgehead atoms. The predicted octanol–water partition coefficient (Wildman–Crippen LogP) is 5.05. The van der Waals surface area contributed by atoms with Crippen LogP contribution < -0.4 is 5.32 Å². The molecule has 20 heavy (non-hydrogen) atoms. The van der Waals surface area contributed by atoms with Gasteiger partial charge >= 0.3 is 127 Å². The molecule has 1 saturated carbocycles. The molecule has 1 fully saturated rings. The van der Waals surface area contributed by atoms with Gasteiger partial charge in [-0.05, 0) is 0 Å². The van der Waals surface area contributed by atoms with Crippen molar-refractivity contribution in [3.05, 3.63) is 18.2 Å². The summed E-state index contributed by atoms with van der Waals surface area (Å²) in [6.07, 6.45) is 6.74. The Balaban J connectivity index is 1.66. The van der Waals surface area contributed by atoms with Crippen LogP contribution in [-0.4, -0.2) is 20.6 Å². The molecule has 0 saturated heterocycles. The van der Waals surface area contributed by atoms with Crippen molar-refractivity contribution < 1.29 is 0 Å². The van der Waals surface area contributed by atoms with Crippen LogP contribution in [-0.2, 0) is 0 Å². The van der Waals surface area contributed by atoms with Crippen molar-refractivity contribution in [2.24, 2.45) is 19.8 Å². The number of rotatable bonds is 4. The number of anilines is 1. The summed E-state index contributed by atoms with van der Waals surface area (Å²) in [5, 5.41) is 3.74. The van der Waals surface area contributed by atoms with Gasteiger partial charge in [-0.2, -0.15) is 0 Å². The van der Waals surface area contributed by atoms with Crippen molar-refractivity contribution >= 4 is 31.6 Å². The molecule has 1 aliphatic heterocycles. The Hall–Kier alpha value is -0.861. The number of benzene rings is 1. The summed E-state index contributed by atoms with van der Waals surface area (Å²) in [5.41, 5.74) is 3.36. The molecular weight excluding hydrogens is 313 g/mol. The van der Waals surface area contributed by atoms with Crippen molar-refractivity contribution in [2.45, 2.75) is 52.0 Å². The quantitative estimate of drug-likeness (QED) is 0.779. The minimum atomic E-state index is 0.0624. The van der Waals surface area contributed by atoms with E-state index in [1.54, 1.807) is 0 Å². The van der Waals surface area contributed by atoms with E-state index in [0.717, 1.165) is 23.2 Å². The van der Waals surface area contributed by atoms with E-state index in [1.165, 1.54) is 37.8 Å². The molecule has 2 unspecified atom stereocenters. The standard InChI is InChI=1S/C16H23N3Se/c1-11(2)9-12-5-3-6-13(10-12)17-14-7-4-8-15-16(14)19-20-18-15/h4,7-8,11-13,17H,3,5-6,9-10H2,1-2H3. The molecule has 1 N–H and O–H groups in total. The molecule has 1 aliphatic carbocycles. The van der Waals surface area contributed by atoms with Crippen molar-refractivity contribution in [3.63, 3.8) is 0 Å². The van der Waals surface area contributed by atoms with E-state index in [0.29, 0.717) is 6.04 Å². The summed E-state index contributed by atoms with van der Waals surface area (Å²) in [7, 11) is 0. The Bertz CT molecular complexity index is 547. The molecule has 3 nitrogen and oxygen atoms in total. The fraction of sp³-hybridized carbons (Fsp3) is 0.625. The van der Waals surface area contributed by atoms with Gasteiger partial charge in [0.15, 0.2) is 0 Å². The molecule has 0 aromatic heterocycles. The Morgan fingerprint density at radius 1 is 1.30 bits per heavy atom. The van der Waals surface area contributed by atoms with Crippen molar-refractivity contribution in [1.29, 1.82) is 0 Å². The van der Waals surface area contributed by atoms with E-state index in [-0.39, 0.29) is 14.6 Å². The molecule has 0 radical (unpaired) electrons.